The molecule has 0 bridgehead atoms. The topological polar surface area (TPSA) is 59.3 Å². The molecule has 0 radical (unpaired) electrons. The Morgan fingerprint density at radius 3 is 2.61 bits per heavy atom. The molecule has 4 nitrogen and oxygen atoms in total. The number of unbranched alkanes of at least 4 members (excludes halogenated alkanes) is 1. The van der Waals surface area contributed by atoms with Gasteiger partial charge in [-0.2, -0.15) is 5.26 Å². The Morgan fingerprint density at radius 1 is 1.28 bits per heavy atom. The number of carbonyl (C=O) groups is 1. The van der Waals surface area contributed by atoms with E-state index in [4.69, 9.17) is 14.7 Å². The van der Waals surface area contributed by atoms with Gasteiger partial charge < -0.3 is 9.47 Å². The van der Waals surface area contributed by atoms with Gasteiger partial charge in [-0.25, -0.2) is 0 Å². The molecule has 0 amide bonds. The van der Waals surface area contributed by atoms with Crippen LogP contribution in [0.1, 0.15) is 31.7 Å². The van der Waals surface area contributed by atoms with Gasteiger partial charge in [-0.1, -0.05) is 0 Å². The summed E-state index contributed by atoms with van der Waals surface area (Å²) in [5.41, 5.74) is 0.615. The number of esters is 1. The minimum Gasteiger partial charge on any atom is -0.494 e. The lowest BCUT2D eigenvalue weighted by atomic mass is 10.2. The monoisotopic (exact) mass is 247 g/mol. The van der Waals surface area contributed by atoms with Crippen LogP contribution in [0.25, 0.3) is 0 Å². The summed E-state index contributed by atoms with van der Waals surface area (Å²) in [6.07, 6.45) is 2.00. The van der Waals surface area contributed by atoms with Gasteiger partial charge in [0.25, 0.3) is 0 Å². The fraction of sp³-hybridized carbons (Fsp3) is 0.429. The Hall–Kier alpha value is -2.02. The summed E-state index contributed by atoms with van der Waals surface area (Å²) in [6, 6.07) is 9.02. The number of hydrogen-bond acceptors (Lipinski definition) is 4. The van der Waals surface area contributed by atoms with Gasteiger partial charge in [-0.3, -0.25) is 4.79 Å². The third-order valence-corrected chi connectivity index (χ3v) is 2.33. The van der Waals surface area contributed by atoms with Crippen molar-refractivity contribution in [3.63, 3.8) is 0 Å². The van der Waals surface area contributed by atoms with Crippen LogP contribution in [-0.4, -0.2) is 19.2 Å². The van der Waals surface area contributed by atoms with Crippen LogP contribution in [0.2, 0.25) is 0 Å². The fourth-order valence-electron chi connectivity index (χ4n) is 1.42. The van der Waals surface area contributed by atoms with Crippen molar-refractivity contribution in [3.8, 4) is 11.8 Å². The van der Waals surface area contributed by atoms with E-state index in [1.54, 1.807) is 31.2 Å². The van der Waals surface area contributed by atoms with Crippen LogP contribution in [0.4, 0.5) is 0 Å². The van der Waals surface area contributed by atoms with Gasteiger partial charge in [-0.15, -0.1) is 0 Å². The van der Waals surface area contributed by atoms with E-state index >= 15 is 0 Å². The molecule has 96 valence electrons. The first-order valence-corrected chi connectivity index (χ1v) is 6.05. The van der Waals surface area contributed by atoms with E-state index in [0.29, 0.717) is 25.2 Å². The molecule has 1 aromatic carbocycles. The normalized spacial score (nSPS) is 9.56. The van der Waals surface area contributed by atoms with E-state index in [1.807, 2.05) is 6.07 Å². The third-order valence-electron chi connectivity index (χ3n) is 2.33. The highest BCUT2D eigenvalue weighted by Crippen LogP contribution is 2.12. The van der Waals surface area contributed by atoms with E-state index in [1.165, 1.54) is 0 Å². The quantitative estimate of drug-likeness (QED) is 0.549. The molecule has 1 aromatic rings. The number of hydrogen-bond donors (Lipinski definition) is 0. The first-order chi connectivity index (χ1) is 8.76. The minimum absolute atomic E-state index is 0.157. The first kappa shape index (κ1) is 14.0. The molecule has 0 spiro atoms. The fourth-order valence-corrected chi connectivity index (χ4v) is 1.42. The average Bonchev–Trinajstić information content (AvgIpc) is 2.39. The molecule has 0 unspecified atom stereocenters. The Balaban J connectivity index is 2.14. The van der Waals surface area contributed by atoms with Crippen LogP contribution in [-0.2, 0) is 9.53 Å². The molecule has 18 heavy (non-hydrogen) atoms. The van der Waals surface area contributed by atoms with Crippen LogP contribution in [0.5, 0.6) is 5.75 Å². The molecule has 0 aliphatic heterocycles. The molecule has 0 aliphatic rings. The summed E-state index contributed by atoms with van der Waals surface area (Å²) >= 11 is 0. The van der Waals surface area contributed by atoms with Gasteiger partial charge in [0.05, 0.1) is 24.8 Å². The van der Waals surface area contributed by atoms with E-state index < -0.39 is 0 Å². The predicted molar refractivity (Wildman–Crippen MR) is 67.1 cm³/mol. The van der Waals surface area contributed by atoms with Crippen LogP contribution < -0.4 is 4.74 Å². The molecular weight excluding hydrogens is 230 g/mol. The third kappa shape index (κ3) is 5.35. The predicted octanol–water partition coefficient (Wildman–Crippen LogP) is 2.67. The number of benzene rings is 1. The van der Waals surface area contributed by atoms with Crippen LogP contribution >= 0.6 is 0 Å². The molecule has 1 rings (SSSR count). The second-order valence-corrected chi connectivity index (χ2v) is 3.75. The molecule has 0 saturated heterocycles. The lowest BCUT2D eigenvalue weighted by Crippen LogP contribution is -2.05. The van der Waals surface area contributed by atoms with Gasteiger partial charge in [0.15, 0.2) is 0 Å². The van der Waals surface area contributed by atoms with Crippen molar-refractivity contribution in [3.05, 3.63) is 29.8 Å². The van der Waals surface area contributed by atoms with E-state index in [0.717, 1.165) is 18.6 Å². The lowest BCUT2D eigenvalue weighted by Gasteiger charge is -2.05. The first-order valence-electron chi connectivity index (χ1n) is 6.05. The summed E-state index contributed by atoms with van der Waals surface area (Å²) in [5, 5.41) is 8.64. The minimum atomic E-state index is -0.157. The van der Waals surface area contributed by atoms with E-state index in [2.05, 4.69) is 0 Å². The molecule has 0 aromatic heterocycles. The van der Waals surface area contributed by atoms with Crippen molar-refractivity contribution < 1.29 is 14.3 Å². The summed E-state index contributed by atoms with van der Waals surface area (Å²) in [7, 11) is 0. The number of rotatable bonds is 7. The van der Waals surface area contributed by atoms with Gasteiger partial charge in [-0.05, 0) is 44.0 Å². The maximum absolute atomic E-state index is 11.1. The molecule has 0 atom stereocenters. The molecule has 0 saturated carbocycles. The van der Waals surface area contributed by atoms with Gasteiger partial charge in [0.1, 0.15) is 5.75 Å². The smallest absolute Gasteiger partial charge is 0.305 e. The molecular formula is C14H17NO3. The Kier molecular flexibility index (Phi) is 6.34. The summed E-state index contributed by atoms with van der Waals surface area (Å²) in [5.74, 6) is 0.584. The largest absolute Gasteiger partial charge is 0.494 e. The summed E-state index contributed by atoms with van der Waals surface area (Å²) < 4.78 is 10.3. The van der Waals surface area contributed by atoms with Crippen LogP contribution in [0, 0.1) is 11.3 Å². The maximum atomic E-state index is 11.1. The van der Waals surface area contributed by atoms with Crippen molar-refractivity contribution in [2.45, 2.75) is 26.2 Å². The maximum Gasteiger partial charge on any atom is 0.305 e. The number of nitrogens with zero attached hydrogens (tertiary/aromatic N) is 1. The van der Waals surface area contributed by atoms with Crippen molar-refractivity contribution in [1.29, 1.82) is 5.26 Å². The van der Waals surface area contributed by atoms with Crippen LogP contribution in [0.3, 0.4) is 0 Å². The zero-order valence-corrected chi connectivity index (χ0v) is 10.5. The second-order valence-electron chi connectivity index (χ2n) is 3.75. The Labute approximate surface area is 107 Å². The average molecular weight is 247 g/mol. The highest BCUT2D eigenvalue weighted by molar-refractivity contribution is 5.69. The zero-order chi connectivity index (χ0) is 13.2. The Morgan fingerprint density at radius 2 is 2.00 bits per heavy atom. The number of carbonyl (C=O) groups excluding carboxylic acids is 1. The SMILES string of the molecule is CCOC(=O)CCCCOc1ccc(C#N)cc1. The highest BCUT2D eigenvalue weighted by Gasteiger charge is 2.01. The molecule has 0 N–H and O–H groups in total. The summed E-state index contributed by atoms with van der Waals surface area (Å²) in [6.45, 7) is 2.79. The molecule has 0 aliphatic carbocycles. The standard InChI is InChI=1S/C14H17NO3/c1-2-17-14(16)5-3-4-10-18-13-8-6-12(11-15)7-9-13/h6-9H,2-5,10H2,1H3. The van der Waals surface area contributed by atoms with E-state index in [-0.39, 0.29) is 5.97 Å². The highest BCUT2D eigenvalue weighted by atomic mass is 16.5. The van der Waals surface area contributed by atoms with E-state index in [9.17, 15) is 4.79 Å². The van der Waals surface area contributed by atoms with Crippen molar-refractivity contribution in [2.75, 3.05) is 13.2 Å². The summed E-state index contributed by atoms with van der Waals surface area (Å²) in [4.78, 5) is 11.1. The zero-order valence-electron chi connectivity index (χ0n) is 10.5. The lowest BCUT2D eigenvalue weighted by molar-refractivity contribution is -0.143. The molecule has 0 fully saturated rings. The van der Waals surface area contributed by atoms with Gasteiger partial charge >= 0.3 is 5.97 Å². The van der Waals surface area contributed by atoms with Gasteiger partial charge in [0, 0.05) is 6.42 Å². The number of ether oxygens (including phenoxy) is 2. The molecule has 0 heterocycles. The van der Waals surface area contributed by atoms with Crippen molar-refractivity contribution in [1.82, 2.24) is 0 Å². The Bertz CT molecular complexity index is 406. The second kappa shape index (κ2) is 8.13. The van der Waals surface area contributed by atoms with Crippen molar-refractivity contribution >= 4 is 5.97 Å². The van der Waals surface area contributed by atoms with Crippen molar-refractivity contribution in [2.24, 2.45) is 0 Å². The number of nitriles is 1. The van der Waals surface area contributed by atoms with Gasteiger partial charge in [0.2, 0.25) is 0 Å². The van der Waals surface area contributed by atoms with Crippen LogP contribution in [0.15, 0.2) is 24.3 Å². The molecule has 4 heteroatoms.